The molecule has 1 unspecified atom stereocenters. The number of nitrogens with zero attached hydrogens (tertiary/aromatic N) is 1. The van der Waals surface area contributed by atoms with Gasteiger partial charge in [-0.25, -0.2) is 4.79 Å². The molecule has 98 valence electrons. The van der Waals surface area contributed by atoms with Crippen LogP contribution in [0.5, 0.6) is 0 Å². The summed E-state index contributed by atoms with van der Waals surface area (Å²) in [5.41, 5.74) is 3.35. The van der Waals surface area contributed by atoms with Crippen molar-refractivity contribution in [1.82, 2.24) is 4.90 Å². The summed E-state index contributed by atoms with van der Waals surface area (Å²) in [6, 6.07) is 6.07. The third kappa shape index (κ3) is 3.03. The van der Waals surface area contributed by atoms with Gasteiger partial charge in [0.05, 0.1) is 0 Å². The van der Waals surface area contributed by atoms with Gasteiger partial charge in [0.15, 0.2) is 0 Å². The summed E-state index contributed by atoms with van der Waals surface area (Å²) in [4.78, 5) is 14.0. The van der Waals surface area contributed by atoms with Gasteiger partial charge in [-0.1, -0.05) is 13.0 Å². The highest BCUT2D eigenvalue weighted by Crippen LogP contribution is 2.18. The van der Waals surface area contributed by atoms with Gasteiger partial charge in [0.2, 0.25) is 0 Å². The van der Waals surface area contributed by atoms with Crippen molar-refractivity contribution in [2.45, 2.75) is 33.6 Å². The molecule has 2 amide bonds. The van der Waals surface area contributed by atoms with Gasteiger partial charge >= 0.3 is 6.03 Å². The highest BCUT2D eigenvalue weighted by Gasteiger charge is 2.20. The molecule has 1 aromatic carbocycles. The molecule has 0 aromatic heterocycles. The van der Waals surface area contributed by atoms with Crippen LogP contribution in [0.2, 0.25) is 0 Å². The number of piperidine rings is 1. The van der Waals surface area contributed by atoms with Crippen LogP contribution in [0.4, 0.5) is 10.5 Å². The first-order valence-electron chi connectivity index (χ1n) is 6.69. The van der Waals surface area contributed by atoms with Gasteiger partial charge in [0.1, 0.15) is 0 Å². The van der Waals surface area contributed by atoms with Gasteiger partial charge in [0, 0.05) is 18.8 Å². The molecule has 1 heterocycles. The van der Waals surface area contributed by atoms with Crippen LogP contribution in [0.15, 0.2) is 18.2 Å². The van der Waals surface area contributed by atoms with Crippen molar-refractivity contribution in [3.63, 3.8) is 0 Å². The monoisotopic (exact) mass is 246 g/mol. The third-order valence-electron chi connectivity index (χ3n) is 3.70. The number of benzene rings is 1. The fraction of sp³-hybridized carbons (Fsp3) is 0.533. The van der Waals surface area contributed by atoms with Crippen LogP contribution >= 0.6 is 0 Å². The van der Waals surface area contributed by atoms with E-state index in [4.69, 9.17) is 0 Å². The fourth-order valence-corrected chi connectivity index (χ4v) is 2.40. The maximum atomic E-state index is 12.1. The number of rotatable bonds is 1. The smallest absolute Gasteiger partial charge is 0.321 e. The van der Waals surface area contributed by atoms with Gasteiger partial charge in [-0.2, -0.15) is 0 Å². The minimum Gasteiger partial charge on any atom is -0.324 e. The van der Waals surface area contributed by atoms with Gasteiger partial charge in [0.25, 0.3) is 0 Å². The Kier molecular flexibility index (Phi) is 3.90. The number of urea groups is 1. The summed E-state index contributed by atoms with van der Waals surface area (Å²) in [5.74, 6) is 0.615. The molecule has 3 heteroatoms. The molecule has 0 bridgehead atoms. The van der Waals surface area contributed by atoms with Crippen molar-refractivity contribution in [3.05, 3.63) is 29.3 Å². The highest BCUT2D eigenvalue weighted by atomic mass is 16.2. The second-order valence-electron chi connectivity index (χ2n) is 5.42. The van der Waals surface area contributed by atoms with Crippen LogP contribution in [0, 0.1) is 19.8 Å². The van der Waals surface area contributed by atoms with Gasteiger partial charge in [-0.3, -0.25) is 0 Å². The van der Waals surface area contributed by atoms with Crippen LogP contribution < -0.4 is 5.32 Å². The van der Waals surface area contributed by atoms with Crippen LogP contribution in [0.25, 0.3) is 0 Å². The second-order valence-corrected chi connectivity index (χ2v) is 5.42. The SMILES string of the molecule is Cc1ccc(NC(=O)N2CCCC(C)C2)cc1C. The lowest BCUT2D eigenvalue weighted by Gasteiger charge is -2.31. The molecule has 1 aromatic rings. The van der Waals surface area contributed by atoms with E-state index in [1.54, 1.807) is 0 Å². The molecule has 0 aliphatic carbocycles. The molecule has 1 aliphatic heterocycles. The van der Waals surface area contributed by atoms with Crippen LogP contribution in [-0.4, -0.2) is 24.0 Å². The number of likely N-dealkylation sites (tertiary alicyclic amines) is 1. The van der Waals surface area contributed by atoms with Crippen LogP contribution in [-0.2, 0) is 0 Å². The van der Waals surface area contributed by atoms with E-state index >= 15 is 0 Å². The second kappa shape index (κ2) is 5.42. The standard InChI is InChI=1S/C15H22N2O/c1-11-5-4-8-17(10-11)15(18)16-14-7-6-12(2)13(3)9-14/h6-7,9,11H,4-5,8,10H2,1-3H3,(H,16,18). The Hall–Kier alpha value is -1.51. The zero-order valence-corrected chi connectivity index (χ0v) is 11.5. The number of carbonyl (C=O) groups is 1. The number of hydrogen-bond acceptors (Lipinski definition) is 1. The van der Waals surface area contributed by atoms with E-state index in [-0.39, 0.29) is 6.03 Å². The van der Waals surface area contributed by atoms with E-state index in [0.717, 1.165) is 25.2 Å². The molecule has 0 spiro atoms. The van der Waals surface area contributed by atoms with Gasteiger partial charge in [-0.15, -0.1) is 0 Å². The maximum absolute atomic E-state index is 12.1. The molecular weight excluding hydrogens is 224 g/mol. The average Bonchev–Trinajstić information content (AvgIpc) is 2.34. The molecule has 1 atom stereocenters. The first-order chi connectivity index (χ1) is 8.56. The molecule has 18 heavy (non-hydrogen) atoms. The average molecular weight is 246 g/mol. The normalized spacial score (nSPS) is 19.7. The Labute approximate surface area is 109 Å². The van der Waals surface area contributed by atoms with Crippen molar-refractivity contribution in [3.8, 4) is 0 Å². The van der Waals surface area contributed by atoms with Crippen molar-refractivity contribution < 1.29 is 4.79 Å². The molecular formula is C15H22N2O. The molecule has 0 saturated carbocycles. The van der Waals surface area contributed by atoms with Crippen molar-refractivity contribution in [2.24, 2.45) is 5.92 Å². The largest absolute Gasteiger partial charge is 0.324 e. The van der Waals surface area contributed by atoms with Gasteiger partial charge in [-0.05, 0) is 55.9 Å². The lowest BCUT2D eigenvalue weighted by atomic mass is 10.0. The third-order valence-corrected chi connectivity index (χ3v) is 3.70. The van der Waals surface area contributed by atoms with Crippen molar-refractivity contribution >= 4 is 11.7 Å². The number of anilines is 1. The first kappa shape index (κ1) is 12.9. The predicted octanol–water partition coefficient (Wildman–Crippen LogP) is 3.57. The van der Waals surface area contributed by atoms with E-state index in [2.05, 4.69) is 26.1 Å². The Morgan fingerprint density at radius 2 is 2.11 bits per heavy atom. The number of hydrogen-bond donors (Lipinski definition) is 1. The summed E-state index contributed by atoms with van der Waals surface area (Å²) in [5, 5.41) is 2.99. The summed E-state index contributed by atoms with van der Waals surface area (Å²) in [6.07, 6.45) is 2.34. The molecule has 2 rings (SSSR count). The fourth-order valence-electron chi connectivity index (χ4n) is 2.40. The topological polar surface area (TPSA) is 32.3 Å². The van der Waals surface area contributed by atoms with Crippen LogP contribution in [0.1, 0.15) is 30.9 Å². The minimum atomic E-state index is 0.0322. The molecule has 3 nitrogen and oxygen atoms in total. The highest BCUT2D eigenvalue weighted by molar-refractivity contribution is 5.89. The molecule has 1 aliphatic rings. The lowest BCUT2D eigenvalue weighted by Crippen LogP contribution is -2.41. The number of aryl methyl sites for hydroxylation is 2. The lowest BCUT2D eigenvalue weighted by molar-refractivity contribution is 0.182. The minimum absolute atomic E-state index is 0.0322. The number of carbonyl (C=O) groups excluding carboxylic acids is 1. The van der Waals surface area contributed by atoms with Gasteiger partial charge < -0.3 is 10.2 Å². The maximum Gasteiger partial charge on any atom is 0.321 e. The summed E-state index contributed by atoms with van der Waals surface area (Å²) in [7, 11) is 0. The van der Waals surface area contributed by atoms with E-state index < -0.39 is 0 Å². The van der Waals surface area contributed by atoms with Crippen molar-refractivity contribution in [1.29, 1.82) is 0 Å². The quantitative estimate of drug-likeness (QED) is 0.807. The van der Waals surface area contributed by atoms with Crippen molar-refractivity contribution in [2.75, 3.05) is 18.4 Å². The Balaban J connectivity index is 2.00. The zero-order chi connectivity index (χ0) is 13.1. The molecule has 1 fully saturated rings. The van der Waals surface area contributed by atoms with E-state index in [1.807, 2.05) is 23.1 Å². The molecule has 1 N–H and O–H groups in total. The van der Waals surface area contributed by atoms with Crippen LogP contribution in [0.3, 0.4) is 0 Å². The predicted molar refractivity (Wildman–Crippen MR) is 74.9 cm³/mol. The molecule has 1 saturated heterocycles. The zero-order valence-electron chi connectivity index (χ0n) is 11.5. The summed E-state index contributed by atoms with van der Waals surface area (Å²) < 4.78 is 0. The first-order valence-corrected chi connectivity index (χ1v) is 6.69. The molecule has 0 radical (unpaired) electrons. The Bertz CT molecular complexity index is 442. The van der Waals surface area contributed by atoms with E-state index in [0.29, 0.717) is 5.92 Å². The Morgan fingerprint density at radius 3 is 2.78 bits per heavy atom. The summed E-state index contributed by atoms with van der Waals surface area (Å²) in [6.45, 7) is 8.09. The number of nitrogens with one attached hydrogen (secondary N) is 1. The summed E-state index contributed by atoms with van der Waals surface area (Å²) >= 11 is 0. The number of amides is 2. The Morgan fingerprint density at radius 1 is 1.33 bits per heavy atom. The van der Waals surface area contributed by atoms with E-state index in [1.165, 1.54) is 17.5 Å². The van der Waals surface area contributed by atoms with E-state index in [9.17, 15) is 4.79 Å².